The minimum Gasteiger partial charge on any atom is -0.309 e. The lowest BCUT2D eigenvalue weighted by Gasteiger charge is -2.35. The Kier molecular flexibility index (Phi) is 4.34. The molecule has 0 aliphatic rings. The molecule has 0 atom stereocenters. The molecule has 0 aliphatic carbocycles. The molecule has 0 spiro atoms. The maximum absolute atomic E-state index is 2.29. The summed E-state index contributed by atoms with van der Waals surface area (Å²) < 4.78 is 0. The second-order valence-electron chi connectivity index (χ2n) is 4.59. The number of rotatable bonds is 5. The lowest BCUT2D eigenvalue weighted by molar-refractivity contribution is 0.265. The van der Waals surface area contributed by atoms with Crippen LogP contribution in [0.1, 0.15) is 32.3 Å². The maximum atomic E-state index is 2.29. The van der Waals surface area contributed by atoms with Crippen molar-refractivity contribution in [2.24, 2.45) is 0 Å². The summed E-state index contributed by atoms with van der Waals surface area (Å²) in [5.74, 6) is 0. The number of hydrogen-bond donors (Lipinski definition) is 0. The minimum absolute atomic E-state index is 0.324. The van der Waals surface area contributed by atoms with Gasteiger partial charge >= 0.3 is 0 Å². The smallest absolute Gasteiger partial charge is 0.00748 e. The largest absolute Gasteiger partial charge is 0.309 e. The number of likely N-dealkylation sites (N-methyl/N-ethyl adjacent to an activating group) is 1. The van der Waals surface area contributed by atoms with E-state index < -0.39 is 0 Å². The molecule has 0 aliphatic heterocycles. The first-order valence-corrected chi connectivity index (χ1v) is 5.85. The van der Waals surface area contributed by atoms with Crippen molar-refractivity contribution in [3.8, 4) is 0 Å². The Balaban J connectivity index is 3.00. The summed E-state index contributed by atoms with van der Waals surface area (Å²) in [7, 11) is 4.31. The monoisotopic (exact) mass is 205 g/mol. The van der Waals surface area contributed by atoms with E-state index in [-0.39, 0.29) is 0 Å². The Hall–Kier alpha value is -0.820. The van der Waals surface area contributed by atoms with Crippen molar-refractivity contribution in [1.29, 1.82) is 0 Å². The predicted molar refractivity (Wildman–Crippen MR) is 67.3 cm³/mol. The van der Waals surface area contributed by atoms with Crippen molar-refractivity contribution < 1.29 is 0 Å². The Morgan fingerprint density at radius 3 is 1.93 bits per heavy atom. The van der Waals surface area contributed by atoms with Crippen molar-refractivity contribution in [3.05, 3.63) is 35.9 Å². The van der Waals surface area contributed by atoms with E-state index in [1.54, 1.807) is 0 Å². The SMILES string of the molecule is CCC(CC)(CN(C)C)c1ccccc1. The van der Waals surface area contributed by atoms with Crippen LogP contribution in [0.4, 0.5) is 0 Å². The average molecular weight is 205 g/mol. The van der Waals surface area contributed by atoms with Crippen LogP contribution < -0.4 is 0 Å². The van der Waals surface area contributed by atoms with E-state index in [0.29, 0.717) is 5.41 Å². The first-order valence-electron chi connectivity index (χ1n) is 5.85. The average Bonchev–Trinajstić information content (AvgIpc) is 2.27. The van der Waals surface area contributed by atoms with Crippen molar-refractivity contribution in [1.82, 2.24) is 4.90 Å². The van der Waals surface area contributed by atoms with Gasteiger partial charge in [-0.25, -0.2) is 0 Å². The van der Waals surface area contributed by atoms with Gasteiger partial charge in [-0.15, -0.1) is 0 Å². The van der Waals surface area contributed by atoms with Gasteiger partial charge in [0.15, 0.2) is 0 Å². The van der Waals surface area contributed by atoms with E-state index in [1.165, 1.54) is 18.4 Å². The summed E-state index contributed by atoms with van der Waals surface area (Å²) in [4.78, 5) is 2.29. The molecule has 84 valence electrons. The van der Waals surface area contributed by atoms with Gasteiger partial charge in [-0.2, -0.15) is 0 Å². The molecule has 0 heterocycles. The lowest BCUT2D eigenvalue weighted by atomic mass is 9.75. The van der Waals surface area contributed by atoms with Crippen LogP contribution in [0.15, 0.2) is 30.3 Å². The predicted octanol–water partition coefficient (Wildman–Crippen LogP) is 3.31. The second kappa shape index (κ2) is 5.32. The fourth-order valence-electron chi connectivity index (χ4n) is 2.37. The van der Waals surface area contributed by atoms with Crippen LogP contribution >= 0.6 is 0 Å². The lowest BCUT2D eigenvalue weighted by Crippen LogP contribution is -2.36. The summed E-state index contributed by atoms with van der Waals surface area (Å²) in [6.45, 7) is 5.71. The van der Waals surface area contributed by atoms with Gasteiger partial charge in [-0.1, -0.05) is 44.2 Å². The van der Waals surface area contributed by atoms with Crippen LogP contribution in [-0.4, -0.2) is 25.5 Å². The Labute approximate surface area is 94.1 Å². The fourth-order valence-corrected chi connectivity index (χ4v) is 2.37. The van der Waals surface area contributed by atoms with Crippen LogP contribution in [0.5, 0.6) is 0 Å². The van der Waals surface area contributed by atoms with Gasteiger partial charge < -0.3 is 4.90 Å². The molecule has 1 heteroatoms. The Morgan fingerprint density at radius 2 is 1.53 bits per heavy atom. The second-order valence-corrected chi connectivity index (χ2v) is 4.59. The zero-order valence-corrected chi connectivity index (χ0v) is 10.5. The zero-order chi connectivity index (χ0) is 11.3. The molecular formula is C14H23N. The number of nitrogens with zero attached hydrogens (tertiary/aromatic N) is 1. The molecule has 1 aromatic rings. The molecule has 0 N–H and O–H groups in total. The highest BCUT2D eigenvalue weighted by molar-refractivity contribution is 5.25. The minimum atomic E-state index is 0.324. The third kappa shape index (κ3) is 2.82. The highest BCUT2D eigenvalue weighted by Crippen LogP contribution is 2.31. The normalized spacial score (nSPS) is 12.1. The molecule has 0 fully saturated rings. The highest BCUT2D eigenvalue weighted by Gasteiger charge is 2.28. The summed E-state index contributed by atoms with van der Waals surface area (Å²) in [5.41, 5.74) is 1.80. The molecule has 15 heavy (non-hydrogen) atoms. The van der Waals surface area contributed by atoms with Crippen LogP contribution in [-0.2, 0) is 5.41 Å². The van der Waals surface area contributed by atoms with Crippen LogP contribution in [0.3, 0.4) is 0 Å². The van der Waals surface area contributed by atoms with Gasteiger partial charge in [0.2, 0.25) is 0 Å². The van der Waals surface area contributed by atoms with Crippen LogP contribution in [0.2, 0.25) is 0 Å². The molecule has 0 saturated heterocycles. The molecule has 1 aromatic carbocycles. The molecule has 0 bridgehead atoms. The highest BCUT2D eigenvalue weighted by atomic mass is 15.1. The molecule has 0 amide bonds. The van der Waals surface area contributed by atoms with E-state index >= 15 is 0 Å². The van der Waals surface area contributed by atoms with E-state index in [1.807, 2.05) is 0 Å². The molecule has 0 radical (unpaired) electrons. The van der Waals surface area contributed by atoms with Crippen LogP contribution in [0.25, 0.3) is 0 Å². The van der Waals surface area contributed by atoms with Gasteiger partial charge in [0.25, 0.3) is 0 Å². The Bertz CT molecular complexity index is 273. The maximum Gasteiger partial charge on any atom is 0.00748 e. The summed E-state index contributed by atoms with van der Waals surface area (Å²) >= 11 is 0. The quantitative estimate of drug-likeness (QED) is 0.713. The van der Waals surface area contributed by atoms with Gasteiger partial charge in [0.1, 0.15) is 0 Å². The van der Waals surface area contributed by atoms with Gasteiger partial charge in [0, 0.05) is 12.0 Å². The molecule has 0 aromatic heterocycles. The van der Waals surface area contributed by atoms with Crippen molar-refractivity contribution in [3.63, 3.8) is 0 Å². The molecule has 0 saturated carbocycles. The first-order chi connectivity index (χ1) is 7.14. The zero-order valence-electron chi connectivity index (χ0n) is 10.5. The summed E-state index contributed by atoms with van der Waals surface area (Å²) in [6, 6.07) is 10.9. The summed E-state index contributed by atoms with van der Waals surface area (Å²) in [5, 5.41) is 0. The number of hydrogen-bond acceptors (Lipinski definition) is 1. The molecule has 0 unspecified atom stereocenters. The van der Waals surface area contributed by atoms with Crippen molar-refractivity contribution in [2.75, 3.05) is 20.6 Å². The standard InChI is InChI=1S/C14H23N/c1-5-14(6-2,12-15(3)4)13-10-8-7-9-11-13/h7-11H,5-6,12H2,1-4H3. The van der Waals surface area contributed by atoms with Gasteiger partial charge in [-0.3, -0.25) is 0 Å². The third-order valence-corrected chi connectivity index (χ3v) is 3.36. The van der Waals surface area contributed by atoms with E-state index in [2.05, 4.69) is 63.2 Å². The van der Waals surface area contributed by atoms with Gasteiger partial charge in [-0.05, 0) is 32.5 Å². The first kappa shape index (κ1) is 12.3. The fraction of sp³-hybridized carbons (Fsp3) is 0.571. The van der Waals surface area contributed by atoms with Crippen molar-refractivity contribution >= 4 is 0 Å². The topological polar surface area (TPSA) is 3.24 Å². The molecule has 1 rings (SSSR count). The van der Waals surface area contributed by atoms with E-state index in [9.17, 15) is 0 Å². The van der Waals surface area contributed by atoms with E-state index in [0.717, 1.165) is 6.54 Å². The van der Waals surface area contributed by atoms with Crippen LogP contribution in [0, 0.1) is 0 Å². The van der Waals surface area contributed by atoms with Gasteiger partial charge in [0.05, 0.1) is 0 Å². The summed E-state index contributed by atoms with van der Waals surface area (Å²) in [6.07, 6.45) is 2.40. The molecular weight excluding hydrogens is 182 g/mol. The van der Waals surface area contributed by atoms with Crippen molar-refractivity contribution in [2.45, 2.75) is 32.1 Å². The number of benzene rings is 1. The van der Waals surface area contributed by atoms with E-state index in [4.69, 9.17) is 0 Å². The third-order valence-electron chi connectivity index (χ3n) is 3.36. The molecule has 1 nitrogen and oxygen atoms in total. The Morgan fingerprint density at radius 1 is 1.00 bits per heavy atom.